The molecule has 3 rings (SSSR count). The second-order valence-corrected chi connectivity index (χ2v) is 5.06. The molecule has 0 spiro atoms. The van der Waals surface area contributed by atoms with Gasteiger partial charge in [-0.1, -0.05) is 25.1 Å². The van der Waals surface area contributed by atoms with E-state index in [4.69, 9.17) is 0 Å². The van der Waals surface area contributed by atoms with E-state index < -0.39 is 0 Å². The van der Waals surface area contributed by atoms with Crippen LogP contribution in [0.4, 0.5) is 11.4 Å². The molecule has 4 nitrogen and oxygen atoms in total. The fraction of sp³-hybridized carbons (Fsp3) is 0.176. The lowest BCUT2D eigenvalue weighted by Gasteiger charge is -2.11. The molecule has 0 aliphatic rings. The fourth-order valence-corrected chi connectivity index (χ4v) is 2.35. The average molecular weight is 279 g/mol. The number of hydrogen-bond acceptors (Lipinski definition) is 3. The van der Waals surface area contributed by atoms with Gasteiger partial charge in [-0.25, -0.2) is 0 Å². The summed E-state index contributed by atoms with van der Waals surface area (Å²) >= 11 is 0. The molecule has 106 valence electrons. The van der Waals surface area contributed by atoms with Crippen molar-refractivity contribution in [3.8, 4) is 0 Å². The van der Waals surface area contributed by atoms with Crippen molar-refractivity contribution in [2.24, 2.45) is 0 Å². The highest BCUT2D eigenvalue weighted by Crippen LogP contribution is 2.22. The lowest BCUT2D eigenvalue weighted by atomic mass is 10.1. The van der Waals surface area contributed by atoms with Crippen molar-refractivity contribution in [3.63, 3.8) is 0 Å². The van der Waals surface area contributed by atoms with Crippen molar-refractivity contribution >= 4 is 22.3 Å². The summed E-state index contributed by atoms with van der Waals surface area (Å²) in [6.45, 7) is 3.86. The average Bonchev–Trinajstić information content (AvgIpc) is 2.50. The Bertz CT molecular complexity index is 852. The first-order chi connectivity index (χ1) is 10.2. The quantitative estimate of drug-likeness (QED) is 0.771. The Hall–Kier alpha value is -2.62. The smallest absolute Gasteiger partial charge is 0.251 e. The molecule has 0 saturated heterocycles. The van der Waals surface area contributed by atoms with E-state index in [0.29, 0.717) is 6.42 Å². The van der Waals surface area contributed by atoms with Crippen molar-refractivity contribution in [3.05, 3.63) is 64.2 Å². The van der Waals surface area contributed by atoms with Gasteiger partial charge >= 0.3 is 0 Å². The van der Waals surface area contributed by atoms with Crippen LogP contribution in [-0.4, -0.2) is 9.97 Å². The number of aromatic nitrogens is 2. The zero-order chi connectivity index (χ0) is 14.8. The van der Waals surface area contributed by atoms with Crippen LogP contribution in [0.15, 0.2) is 47.4 Å². The molecule has 21 heavy (non-hydrogen) atoms. The van der Waals surface area contributed by atoms with E-state index in [9.17, 15) is 4.79 Å². The second kappa shape index (κ2) is 5.40. The summed E-state index contributed by atoms with van der Waals surface area (Å²) in [5.41, 5.74) is 4.37. The summed E-state index contributed by atoms with van der Waals surface area (Å²) in [5.74, 6) is 0. The largest absolute Gasteiger partial charge is 0.353 e. The van der Waals surface area contributed by atoms with Crippen LogP contribution in [0.5, 0.6) is 0 Å². The molecule has 3 aromatic rings. The molecule has 0 aliphatic heterocycles. The summed E-state index contributed by atoms with van der Waals surface area (Å²) < 4.78 is 0. The van der Waals surface area contributed by atoms with E-state index in [-0.39, 0.29) is 5.56 Å². The van der Waals surface area contributed by atoms with Gasteiger partial charge in [0.05, 0.1) is 23.1 Å². The van der Waals surface area contributed by atoms with Crippen molar-refractivity contribution in [2.45, 2.75) is 20.3 Å². The monoisotopic (exact) mass is 279 g/mol. The van der Waals surface area contributed by atoms with E-state index in [1.54, 1.807) is 6.20 Å². The van der Waals surface area contributed by atoms with Gasteiger partial charge in [0, 0.05) is 16.6 Å². The molecule has 1 aromatic carbocycles. The molecule has 0 bridgehead atoms. The van der Waals surface area contributed by atoms with Crippen LogP contribution in [0, 0.1) is 6.92 Å². The van der Waals surface area contributed by atoms with E-state index in [1.165, 1.54) is 0 Å². The summed E-state index contributed by atoms with van der Waals surface area (Å²) in [4.78, 5) is 19.1. The number of anilines is 2. The molecule has 2 N–H and O–H groups in total. The maximum absolute atomic E-state index is 11.8. The number of rotatable bonds is 3. The Labute approximate surface area is 122 Å². The molecule has 4 heteroatoms. The van der Waals surface area contributed by atoms with Gasteiger partial charge in [0.25, 0.3) is 5.56 Å². The molecule has 0 fully saturated rings. The van der Waals surface area contributed by atoms with Crippen molar-refractivity contribution in [1.29, 1.82) is 0 Å². The Morgan fingerprint density at radius 3 is 2.86 bits per heavy atom. The van der Waals surface area contributed by atoms with E-state index >= 15 is 0 Å². The molecule has 0 unspecified atom stereocenters. The Kier molecular flexibility index (Phi) is 3.44. The minimum absolute atomic E-state index is 0.0165. The van der Waals surface area contributed by atoms with Crippen LogP contribution in [0.2, 0.25) is 0 Å². The van der Waals surface area contributed by atoms with E-state index in [1.807, 2.05) is 44.2 Å². The van der Waals surface area contributed by atoms with Gasteiger partial charge in [-0.3, -0.25) is 9.78 Å². The Balaban J connectivity index is 2.00. The third-order valence-electron chi connectivity index (χ3n) is 3.57. The minimum Gasteiger partial charge on any atom is -0.353 e. The molecular formula is C17H17N3O. The maximum atomic E-state index is 11.8. The van der Waals surface area contributed by atoms with Crippen molar-refractivity contribution in [1.82, 2.24) is 9.97 Å². The van der Waals surface area contributed by atoms with Crippen LogP contribution < -0.4 is 10.9 Å². The van der Waals surface area contributed by atoms with Gasteiger partial charge in [0.2, 0.25) is 0 Å². The van der Waals surface area contributed by atoms with Gasteiger partial charge in [-0.2, -0.15) is 0 Å². The highest BCUT2D eigenvalue weighted by atomic mass is 16.1. The van der Waals surface area contributed by atoms with Crippen LogP contribution in [0.25, 0.3) is 10.9 Å². The molecule has 0 aliphatic carbocycles. The fourth-order valence-electron chi connectivity index (χ4n) is 2.35. The third-order valence-corrected chi connectivity index (χ3v) is 3.57. The predicted octanol–water partition coefficient (Wildman–Crippen LogP) is 3.54. The summed E-state index contributed by atoms with van der Waals surface area (Å²) in [7, 11) is 0. The van der Waals surface area contributed by atoms with Gasteiger partial charge in [0.1, 0.15) is 0 Å². The topological polar surface area (TPSA) is 57.8 Å². The SMILES string of the molecule is CCc1cc(Nc2cnc3ccccc3c2)c(C)[nH]c1=O. The lowest BCUT2D eigenvalue weighted by molar-refractivity contribution is 1.03. The number of H-pyrrole nitrogens is 1. The number of para-hydroxylation sites is 1. The number of aryl methyl sites for hydroxylation is 2. The van der Waals surface area contributed by atoms with E-state index in [2.05, 4.69) is 21.4 Å². The first kappa shape index (κ1) is 13.4. The van der Waals surface area contributed by atoms with Gasteiger partial charge in [-0.15, -0.1) is 0 Å². The van der Waals surface area contributed by atoms with Crippen LogP contribution in [-0.2, 0) is 6.42 Å². The van der Waals surface area contributed by atoms with Crippen LogP contribution >= 0.6 is 0 Å². The number of nitrogens with zero attached hydrogens (tertiary/aromatic N) is 1. The number of benzene rings is 1. The standard InChI is InChI=1S/C17H17N3O/c1-3-12-9-16(11(2)19-17(12)21)20-14-8-13-6-4-5-7-15(13)18-10-14/h4-10,20H,3H2,1-2H3,(H,19,21). The Morgan fingerprint density at radius 2 is 2.05 bits per heavy atom. The highest BCUT2D eigenvalue weighted by molar-refractivity contribution is 5.82. The van der Waals surface area contributed by atoms with Crippen LogP contribution in [0.3, 0.4) is 0 Å². The first-order valence-corrected chi connectivity index (χ1v) is 7.02. The first-order valence-electron chi connectivity index (χ1n) is 7.02. The van der Waals surface area contributed by atoms with E-state index in [0.717, 1.165) is 33.5 Å². The van der Waals surface area contributed by atoms with Gasteiger partial charge in [0.15, 0.2) is 0 Å². The zero-order valence-corrected chi connectivity index (χ0v) is 12.1. The van der Waals surface area contributed by atoms with Gasteiger partial charge in [-0.05, 0) is 31.5 Å². The molecular weight excluding hydrogens is 262 g/mol. The number of nitrogens with one attached hydrogen (secondary N) is 2. The maximum Gasteiger partial charge on any atom is 0.251 e. The number of pyridine rings is 2. The number of hydrogen-bond donors (Lipinski definition) is 2. The van der Waals surface area contributed by atoms with Gasteiger partial charge < -0.3 is 10.3 Å². The molecule has 2 aromatic heterocycles. The number of fused-ring (bicyclic) bond motifs is 1. The zero-order valence-electron chi connectivity index (χ0n) is 12.1. The molecule has 2 heterocycles. The normalized spacial score (nSPS) is 10.8. The molecule has 0 amide bonds. The predicted molar refractivity (Wildman–Crippen MR) is 86.2 cm³/mol. The minimum atomic E-state index is -0.0165. The van der Waals surface area contributed by atoms with Crippen molar-refractivity contribution in [2.75, 3.05) is 5.32 Å². The Morgan fingerprint density at radius 1 is 1.24 bits per heavy atom. The molecule has 0 saturated carbocycles. The summed E-state index contributed by atoms with van der Waals surface area (Å²) in [5, 5.41) is 4.42. The molecule has 0 atom stereocenters. The summed E-state index contributed by atoms with van der Waals surface area (Å²) in [6.07, 6.45) is 2.51. The summed E-state index contributed by atoms with van der Waals surface area (Å²) in [6, 6.07) is 11.9. The number of aromatic amines is 1. The molecule has 0 radical (unpaired) electrons. The highest BCUT2D eigenvalue weighted by Gasteiger charge is 2.05. The second-order valence-electron chi connectivity index (χ2n) is 5.06. The third kappa shape index (κ3) is 2.65. The van der Waals surface area contributed by atoms with Crippen LogP contribution in [0.1, 0.15) is 18.2 Å². The van der Waals surface area contributed by atoms with Crippen molar-refractivity contribution < 1.29 is 0 Å². The lowest BCUT2D eigenvalue weighted by Crippen LogP contribution is -2.14.